The van der Waals surface area contributed by atoms with E-state index in [2.05, 4.69) is 4.98 Å². The summed E-state index contributed by atoms with van der Waals surface area (Å²) < 4.78 is 1.86. The third-order valence-corrected chi connectivity index (χ3v) is 1.89. The Hall–Kier alpha value is -1.02. The lowest BCUT2D eigenvalue weighted by atomic mass is 10.3. The van der Waals surface area contributed by atoms with E-state index in [9.17, 15) is 0 Å². The molecule has 0 unspecified atom stereocenters. The fourth-order valence-electron chi connectivity index (χ4n) is 1.06. The average molecular weight is 167 g/mol. The largest absolute Gasteiger partial charge is 0.290 e. The van der Waals surface area contributed by atoms with Crippen molar-refractivity contribution in [2.75, 3.05) is 0 Å². The fourth-order valence-corrected chi connectivity index (χ4v) is 1.24. The molecule has 0 aromatic carbocycles. The number of halogens is 1. The Morgan fingerprint density at radius 3 is 3.09 bits per heavy atom. The van der Waals surface area contributed by atoms with Gasteiger partial charge in [0.05, 0.1) is 6.20 Å². The van der Waals surface area contributed by atoms with Gasteiger partial charge in [-0.2, -0.15) is 0 Å². The van der Waals surface area contributed by atoms with E-state index in [1.54, 1.807) is 6.20 Å². The number of pyridine rings is 1. The summed E-state index contributed by atoms with van der Waals surface area (Å²) >= 11 is 5.85. The van der Waals surface area contributed by atoms with E-state index in [-0.39, 0.29) is 0 Å². The van der Waals surface area contributed by atoms with Crippen molar-refractivity contribution in [3.63, 3.8) is 0 Å². The zero-order chi connectivity index (χ0) is 7.84. The van der Waals surface area contributed by atoms with Gasteiger partial charge in [-0.25, -0.2) is 4.98 Å². The Bertz CT molecular complexity index is 392. The number of aryl methyl sites for hydroxylation is 1. The third-order valence-electron chi connectivity index (χ3n) is 1.61. The van der Waals surface area contributed by atoms with E-state index in [0.29, 0.717) is 5.15 Å². The zero-order valence-corrected chi connectivity index (χ0v) is 6.84. The maximum absolute atomic E-state index is 5.85. The minimum atomic E-state index is 0.656. The quantitative estimate of drug-likeness (QED) is 0.587. The molecular weight excluding hydrogens is 160 g/mol. The second-order valence-electron chi connectivity index (χ2n) is 2.52. The Kier molecular flexibility index (Phi) is 1.36. The van der Waals surface area contributed by atoms with Gasteiger partial charge < -0.3 is 0 Å². The lowest BCUT2D eigenvalue weighted by Crippen LogP contribution is -1.84. The summed E-state index contributed by atoms with van der Waals surface area (Å²) in [6.45, 7) is 2.02. The SMILES string of the molecule is Cc1ccc2ncc(Cl)n2c1. The molecule has 56 valence electrons. The normalized spacial score (nSPS) is 10.7. The van der Waals surface area contributed by atoms with Crippen molar-refractivity contribution in [1.82, 2.24) is 9.38 Å². The maximum atomic E-state index is 5.85. The first kappa shape index (κ1) is 6.68. The molecule has 0 fully saturated rings. The number of nitrogens with zero attached hydrogens (tertiary/aromatic N) is 2. The van der Waals surface area contributed by atoms with Crippen LogP contribution in [0.3, 0.4) is 0 Å². The summed E-state index contributed by atoms with van der Waals surface area (Å²) in [6.07, 6.45) is 3.61. The van der Waals surface area contributed by atoms with E-state index >= 15 is 0 Å². The summed E-state index contributed by atoms with van der Waals surface area (Å²) in [5, 5.41) is 0.656. The van der Waals surface area contributed by atoms with Gasteiger partial charge in [-0.1, -0.05) is 17.7 Å². The molecule has 0 amide bonds. The average Bonchev–Trinajstić information content (AvgIpc) is 2.33. The van der Waals surface area contributed by atoms with E-state index in [1.807, 2.05) is 29.7 Å². The first-order valence-corrected chi connectivity index (χ1v) is 3.74. The van der Waals surface area contributed by atoms with Crippen molar-refractivity contribution in [1.29, 1.82) is 0 Å². The highest BCUT2D eigenvalue weighted by Gasteiger charge is 1.97. The number of aromatic nitrogens is 2. The van der Waals surface area contributed by atoms with Gasteiger partial charge in [-0.05, 0) is 18.6 Å². The lowest BCUT2D eigenvalue weighted by molar-refractivity contribution is 1.16. The van der Waals surface area contributed by atoms with E-state index in [0.717, 1.165) is 5.65 Å². The Morgan fingerprint density at radius 2 is 2.27 bits per heavy atom. The number of rotatable bonds is 0. The van der Waals surface area contributed by atoms with Gasteiger partial charge in [-0.3, -0.25) is 4.40 Å². The molecule has 0 saturated heterocycles. The highest BCUT2D eigenvalue weighted by molar-refractivity contribution is 6.29. The molecule has 2 nitrogen and oxygen atoms in total. The van der Waals surface area contributed by atoms with Crippen molar-refractivity contribution in [2.24, 2.45) is 0 Å². The molecule has 0 aliphatic heterocycles. The summed E-state index contributed by atoms with van der Waals surface area (Å²) in [5.74, 6) is 0. The summed E-state index contributed by atoms with van der Waals surface area (Å²) in [6, 6.07) is 3.96. The molecule has 0 atom stereocenters. The van der Waals surface area contributed by atoms with Gasteiger partial charge in [0, 0.05) is 6.20 Å². The highest BCUT2D eigenvalue weighted by atomic mass is 35.5. The third kappa shape index (κ3) is 0.994. The summed E-state index contributed by atoms with van der Waals surface area (Å²) in [5.41, 5.74) is 2.07. The van der Waals surface area contributed by atoms with Crippen LogP contribution in [-0.2, 0) is 0 Å². The molecule has 0 N–H and O–H groups in total. The number of hydrogen-bond donors (Lipinski definition) is 0. The van der Waals surface area contributed by atoms with Crippen LogP contribution < -0.4 is 0 Å². The molecule has 11 heavy (non-hydrogen) atoms. The van der Waals surface area contributed by atoms with E-state index in [4.69, 9.17) is 11.6 Å². The number of fused-ring (bicyclic) bond motifs is 1. The van der Waals surface area contributed by atoms with Crippen LogP contribution >= 0.6 is 11.6 Å². The van der Waals surface area contributed by atoms with Crippen LogP contribution in [0.15, 0.2) is 24.5 Å². The molecule has 2 heterocycles. The van der Waals surface area contributed by atoms with Crippen LogP contribution in [0.25, 0.3) is 5.65 Å². The molecule has 0 spiro atoms. The van der Waals surface area contributed by atoms with Gasteiger partial charge in [0.2, 0.25) is 0 Å². The minimum Gasteiger partial charge on any atom is -0.290 e. The van der Waals surface area contributed by atoms with Crippen LogP contribution in [0, 0.1) is 6.92 Å². The summed E-state index contributed by atoms with van der Waals surface area (Å²) in [4.78, 5) is 4.09. The second kappa shape index (κ2) is 2.24. The molecule has 0 aliphatic rings. The van der Waals surface area contributed by atoms with Gasteiger partial charge in [0.15, 0.2) is 0 Å². The highest BCUT2D eigenvalue weighted by Crippen LogP contribution is 2.12. The van der Waals surface area contributed by atoms with Gasteiger partial charge >= 0.3 is 0 Å². The Balaban J connectivity index is 2.87. The Morgan fingerprint density at radius 1 is 1.45 bits per heavy atom. The topological polar surface area (TPSA) is 17.3 Å². The first-order valence-electron chi connectivity index (χ1n) is 3.36. The first-order chi connectivity index (χ1) is 5.27. The predicted molar refractivity (Wildman–Crippen MR) is 44.9 cm³/mol. The molecule has 0 radical (unpaired) electrons. The van der Waals surface area contributed by atoms with Crippen molar-refractivity contribution in [3.05, 3.63) is 35.2 Å². The van der Waals surface area contributed by atoms with Crippen LogP contribution in [0.4, 0.5) is 0 Å². The van der Waals surface area contributed by atoms with Crippen molar-refractivity contribution < 1.29 is 0 Å². The van der Waals surface area contributed by atoms with Crippen LogP contribution in [0.1, 0.15) is 5.56 Å². The van der Waals surface area contributed by atoms with Crippen LogP contribution in [0.5, 0.6) is 0 Å². The van der Waals surface area contributed by atoms with Crippen molar-refractivity contribution in [3.8, 4) is 0 Å². The smallest absolute Gasteiger partial charge is 0.137 e. The number of hydrogen-bond acceptors (Lipinski definition) is 1. The lowest BCUT2D eigenvalue weighted by Gasteiger charge is -1.95. The molecular formula is C8H7ClN2. The predicted octanol–water partition coefficient (Wildman–Crippen LogP) is 2.30. The molecule has 3 heteroatoms. The van der Waals surface area contributed by atoms with Crippen LogP contribution in [-0.4, -0.2) is 9.38 Å². The zero-order valence-electron chi connectivity index (χ0n) is 6.08. The molecule has 0 bridgehead atoms. The molecule has 2 aromatic heterocycles. The maximum Gasteiger partial charge on any atom is 0.137 e. The summed E-state index contributed by atoms with van der Waals surface area (Å²) in [7, 11) is 0. The van der Waals surface area contributed by atoms with Crippen LogP contribution in [0.2, 0.25) is 5.15 Å². The number of imidazole rings is 1. The van der Waals surface area contributed by atoms with Gasteiger partial charge in [0.25, 0.3) is 0 Å². The second-order valence-corrected chi connectivity index (χ2v) is 2.90. The standard InChI is InChI=1S/C8H7ClN2/c1-6-2-3-8-10-4-7(9)11(8)5-6/h2-5H,1H3. The van der Waals surface area contributed by atoms with E-state index in [1.165, 1.54) is 5.56 Å². The molecule has 2 rings (SSSR count). The van der Waals surface area contributed by atoms with Crippen molar-refractivity contribution >= 4 is 17.2 Å². The molecule has 0 aliphatic carbocycles. The van der Waals surface area contributed by atoms with Crippen molar-refractivity contribution in [2.45, 2.75) is 6.92 Å². The fraction of sp³-hybridized carbons (Fsp3) is 0.125. The van der Waals surface area contributed by atoms with Gasteiger partial charge in [0.1, 0.15) is 10.8 Å². The monoisotopic (exact) mass is 166 g/mol. The Labute approximate surface area is 69.4 Å². The van der Waals surface area contributed by atoms with Gasteiger partial charge in [-0.15, -0.1) is 0 Å². The minimum absolute atomic E-state index is 0.656. The van der Waals surface area contributed by atoms with E-state index < -0.39 is 0 Å². The molecule has 0 saturated carbocycles. The molecule has 2 aromatic rings.